The molecule has 5 heteroatoms. The van der Waals surface area contributed by atoms with Crippen LogP contribution in [0.25, 0.3) is 22.7 Å². The third-order valence-corrected chi connectivity index (χ3v) is 3.43. The van der Waals surface area contributed by atoms with E-state index in [2.05, 4.69) is 11.1 Å². The van der Waals surface area contributed by atoms with Crippen LogP contribution in [0.5, 0.6) is 5.75 Å². The van der Waals surface area contributed by atoms with E-state index in [9.17, 15) is 5.26 Å². The van der Waals surface area contributed by atoms with Crippen molar-refractivity contribution in [1.29, 1.82) is 5.26 Å². The van der Waals surface area contributed by atoms with Crippen LogP contribution in [0.2, 0.25) is 5.02 Å². The zero-order valence-corrected chi connectivity index (χ0v) is 12.5. The third kappa shape index (κ3) is 2.67. The van der Waals surface area contributed by atoms with Crippen molar-refractivity contribution in [3.05, 3.63) is 58.9 Å². The molecule has 0 saturated carbocycles. The lowest BCUT2D eigenvalue weighted by atomic mass is 10.1. The fraction of sp³-hybridized carbons (Fsp3) is 0.0588. The highest BCUT2D eigenvalue weighted by Gasteiger charge is 2.11. The lowest BCUT2D eigenvalue weighted by Gasteiger charge is -2.03. The summed E-state index contributed by atoms with van der Waals surface area (Å²) in [5.74, 6) is 0.870. The molecule has 1 aromatic heterocycles. The number of methoxy groups -OCH3 is 1. The van der Waals surface area contributed by atoms with Gasteiger partial charge in [-0.1, -0.05) is 29.8 Å². The van der Waals surface area contributed by atoms with Crippen LogP contribution in [0.4, 0.5) is 0 Å². The van der Waals surface area contributed by atoms with Gasteiger partial charge in [-0.15, -0.1) is 0 Å². The minimum Gasteiger partial charge on any atom is -0.495 e. The van der Waals surface area contributed by atoms with Gasteiger partial charge >= 0.3 is 0 Å². The van der Waals surface area contributed by atoms with Crippen molar-refractivity contribution in [3.8, 4) is 11.8 Å². The lowest BCUT2D eigenvalue weighted by Crippen LogP contribution is -1.85. The van der Waals surface area contributed by atoms with Crippen LogP contribution < -0.4 is 4.74 Å². The van der Waals surface area contributed by atoms with E-state index in [0.29, 0.717) is 27.4 Å². The number of fused-ring (bicyclic) bond motifs is 1. The maximum atomic E-state index is 9.36. The van der Waals surface area contributed by atoms with Crippen LogP contribution in [0.1, 0.15) is 11.5 Å². The average Bonchev–Trinajstić information content (AvgIpc) is 2.96. The Hall–Kier alpha value is -2.77. The van der Waals surface area contributed by atoms with Crippen LogP contribution in [-0.2, 0) is 0 Å². The number of rotatable bonds is 3. The van der Waals surface area contributed by atoms with Crippen LogP contribution in [0, 0.1) is 11.3 Å². The number of oxazole rings is 1. The fourth-order valence-electron chi connectivity index (χ4n) is 2.07. The maximum Gasteiger partial charge on any atom is 0.238 e. The Morgan fingerprint density at radius 1 is 1.32 bits per heavy atom. The summed E-state index contributed by atoms with van der Waals surface area (Å²) in [5.41, 5.74) is 2.46. The number of hydrogen-bond acceptors (Lipinski definition) is 4. The lowest BCUT2D eigenvalue weighted by molar-refractivity contribution is 0.415. The van der Waals surface area contributed by atoms with E-state index in [4.69, 9.17) is 20.8 Å². The SMILES string of the molecule is COc1ccc(C=C(C#N)c2nc3ccccc3o2)cc1Cl. The summed E-state index contributed by atoms with van der Waals surface area (Å²) < 4.78 is 10.7. The summed E-state index contributed by atoms with van der Waals surface area (Å²) in [6.45, 7) is 0. The molecule has 3 rings (SSSR count). The summed E-state index contributed by atoms with van der Waals surface area (Å²) >= 11 is 6.09. The van der Waals surface area contributed by atoms with Gasteiger partial charge in [0.05, 0.1) is 12.1 Å². The normalized spacial score (nSPS) is 11.4. The highest BCUT2D eigenvalue weighted by molar-refractivity contribution is 6.32. The number of hydrogen-bond donors (Lipinski definition) is 0. The second-order valence-corrected chi connectivity index (χ2v) is 4.96. The van der Waals surface area contributed by atoms with Crippen LogP contribution in [0.3, 0.4) is 0 Å². The molecule has 0 amide bonds. The predicted molar refractivity (Wildman–Crippen MR) is 85.5 cm³/mol. The molecule has 4 nitrogen and oxygen atoms in total. The number of nitrogens with zero attached hydrogens (tertiary/aromatic N) is 2. The number of para-hydroxylation sites is 2. The molecule has 0 atom stereocenters. The standard InChI is InChI=1S/C17H11ClN2O2/c1-21-15-7-6-11(9-13(15)18)8-12(10-19)17-20-14-4-2-3-5-16(14)22-17/h2-9H,1H3. The second kappa shape index (κ2) is 5.92. The minimum absolute atomic E-state index is 0.288. The van der Waals surface area contributed by atoms with Gasteiger partial charge in [0.1, 0.15) is 22.9 Å². The van der Waals surface area contributed by atoms with E-state index in [0.717, 1.165) is 5.56 Å². The van der Waals surface area contributed by atoms with Crippen molar-refractivity contribution in [1.82, 2.24) is 4.98 Å². The van der Waals surface area contributed by atoms with Crippen molar-refractivity contribution < 1.29 is 9.15 Å². The first kappa shape index (κ1) is 14.2. The minimum atomic E-state index is 0.288. The average molecular weight is 311 g/mol. The van der Waals surface area contributed by atoms with Gasteiger partial charge in [0.15, 0.2) is 5.58 Å². The monoisotopic (exact) mass is 310 g/mol. The Kier molecular flexibility index (Phi) is 3.82. The largest absolute Gasteiger partial charge is 0.495 e. The first-order valence-electron chi connectivity index (χ1n) is 6.52. The molecule has 0 N–H and O–H groups in total. The van der Waals surface area contributed by atoms with Gasteiger partial charge in [0, 0.05) is 0 Å². The van der Waals surface area contributed by atoms with E-state index in [-0.39, 0.29) is 5.89 Å². The van der Waals surface area contributed by atoms with Crippen molar-refractivity contribution in [2.75, 3.05) is 7.11 Å². The van der Waals surface area contributed by atoms with Crippen molar-refractivity contribution in [2.45, 2.75) is 0 Å². The Morgan fingerprint density at radius 2 is 2.14 bits per heavy atom. The number of aromatic nitrogens is 1. The van der Waals surface area contributed by atoms with E-state index in [1.165, 1.54) is 0 Å². The molecule has 1 heterocycles. The van der Waals surface area contributed by atoms with E-state index in [1.54, 1.807) is 25.3 Å². The predicted octanol–water partition coefficient (Wildman–Crippen LogP) is 4.55. The van der Waals surface area contributed by atoms with Crippen LogP contribution >= 0.6 is 11.6 Å². The van der Waals surface area contributed by atoms with E-state index in [1.807, 2.05) is 30.3 Å². The highest BCUT2D eigenvalue weighted by Crippen LogP contribution is 2.27. The van der Waals surface area contributed by atoms with Crippen molar-refractivity contribution in [3.63, 3.8) is 0 Å². The number of allylic oxidation sites excluding steroid dienone is 1. The molecule has 3 aromatic rings. The molecular weight excluding hydrogens is 300 g/mol. The van der Waals surface area contributed by atoms with E-state index < -0.39 is 0 Å². The molecule has 108 valence electrons. The first-order valence-corrected chi connectivity index (χ1v) is 6.90. The van der Waals surface area contributed by atoms with Gasteiger partial charge < -0.3 is 9.15 Å². The summed E-state index contributed by atoms with van der Waals surface area (Å²) in [6, 6.07) is 14.8. The zero-order valence-electron chi connectivity index (χ0n) is 11.7. The Bertz CT molecular complexity index is 873. The second-order valence-electron chi connectivity index (χ2n) is 4.55. The van der Waals surface area contributed by atoms with Crippen molar-refractivity contribution in [2.24, 2.45) is 0 Å². The number of benzene rings is 2. The molecule has 0 saturated heterocycles. The highest BCUT2D eigenvalue weighted by atomic mass is 35.5. The molecule has 22 heavy (non-hydrogen) atoms. The summed E-state index contributed by atoms with van der Waals surface area (Å²) in [6.07, 6.45) is 1.68. The van der Waals surface area contributed by atoms with Gasteiger partial charge in [-0.25, -0.2) is 4.98 Å². The molecule has 0 aliphatic carbocycles. The quantitative estimate of drug-likeness (QED) is 0.666. The fourth-order valence-corrected chi connectivity index (χ4v) is 2.33. The summed E-state index contributed by atoms with van der Waals surface area (Å²) in [7, 11) is 1.55. The van der Waals surface area contributed by atoms with Gasteiger partial charge in [-0.05, 0) is 35.9 Å². The molecule has 0 aliphatic heterocycles. The number of halogens is 1. The van der Waals surface area contributed by atoms with Gasteiger partial charge in [0.25, 0.3) is 0 Å². The Morgan fingerprint density at radius 3 is 2.82 bits per heavy atom. The smallest absolute Gasteiger partial charge is 0.238 e. The molecule has 0 radical (unpaired) electrons. The number of ether oxygens (including phenoxy) is 1. The molecule has 0 aliphatic rings. The molecule has 2 aromatic carbocycles. The molecule has 0 bridgehead atoms. The van der Waals surface area contributed by atoms with Crippen LogP contribution in [0.15, 0.2) is 46.9 Å². The molecule has 0 fully saturated rings. The molecule has 0 spiro atoms. The maximum absolute atomic E-state index is 9.36. The Labute approximate surface area is 132 Å². The van der Waals surface area contributed by atoms with Gasteiger partial charge in [-0.3, -0.25) is 0 Å². The van der Waals surface area contributed by atoms with Gasteiger partial charge in [-0.2, -0.15) is 5.26 Å². The zero-order chi connectivity index (χ0) is 15.5. The molecular formula is C17H11ClN2O2. The Balaban J connectivity index is 2.03. The number of nitriles is 1. The first-order chi connectivity index (χ1) is 10.7. The topological polar surface area (TPSA) is 59.0 Å². The van der Waals surface area contributed by atoms with Gasteiger partial charge in [0.2, 0.25) is 5.89 Å². The van der Waals surface area contributed by atoms with Crippen molar-refractivity contribution >= 4 is 34.3 Å². The summed E-state index contributed by atoms with van der Waals surface area (Å²) in [4.78, 5) is 4.32. The third-order valence-electron chi connectivity index (χ3n) is 3.13. The summed E-state index contributed by atoms with van der Waals surface area (Å²) in [5, 5.41) is 9.84. The van der Waals surface area contributed by atoms with Crippen LogP contribution in [-0.4, -0.2) is 12.1 Å². The molecule has 0 unspecified atom stereocenters. The van der Waals surface area contributed by atoms with E-state index >= 15 is 0 Å².